The summed E-state index contributed by atoms with van der Waals surface area (Å²) in [5.41, 5.74) is 0.192. The van der Waals surface area contributed by atoms with Gasteiger partial charge in [0.05, 0.1) is 0 Å². The molecule has 1 aliphatic carbocycles. The Bertz CT molecular complexity index is 459. The molecule has 112 valence electrons. The Morgan fingerprint density at radius 2 is 1.70 bits per heavy atom. The van der Waals surface area contributed by atoms with Gasteiger partial charge in [0.25, 0.3) is 0 Å². The van der Waals surface area contributed by atoms with Crippen molar-refractivity contribution in [3.05, 3.63) is 35.1 Å². The number of nitrogens with one attached hydrogen (secondary N) is 1. The minimum absolute atomic E-state index is 0.192. The van der Waals surface area contributed by atoms with E-state index in [4.69, 9.17) is 0 Å². The van der Waals surface area contributed by atoms with Gasteiger partial charge in [0.2, 0.25) is 0 Å². The van der Waals surface area contributed by atoms with Crippen molar-refractivity contribution in [3.63, 3.8) is 0 Å². The number of benzene rings is 1. The molecule has 4 heteroatoms. The Balaban J connectivity index is 2.02. The monoisotopic (exact) mass is 285 g/mol. The summed E-state index contributed by atoms with van der Waals surface area (Å²) in [4.78, 5) is 0. The van der Waals surface area contributed by atoms with Crippen LogP contribution in [0.4, 0.5) is 13.2 Å². The van der Waals surface area contributed by atoms with E-state index in [2.05, 4.69) is 19.2 Å². The van der Waals surface area contributed by atoms with Gasteiger partial charge < -0.3 is 5.32 Å². The van der Waals surface area contributed by atoms with E-state index < -0.39 is 17.5 Å². The van der Waals surface area contributed by atoms with Gasteiger partial charge in [-0.15, -0.1) is 0 Å². The molecule has 1 aromatic carbocycles. The second kappa shape index (κ2) is 6.61. The van der Waals surface area contributed by atoms with Gasteiger partial charge in [-0.25, -0.2) is 13.2 Å². The number of halogens is 3. The fourth-order valence-electron chi connectivity index (χ4n) is 3.15. The van der Waals surface area contributed by atoms with Crippen LogP contribution in [0.3, 0.4) is 0 Å². The second-order valence-electron chi connectivity index (χ2n) is 6.04. The molecule has 0 saturated heterocycles. The first-order chi connectivity index (χ1) is 9.49. The molecular formula is C16H22F3N. The van der Waals surface area contributed by atoms with Crippen LogP contribution in [0, 0.1) is 29.3 Å². The van der Waals surface area contributed by atoms with Gasteiger partial charge in [-0.2, -0.15) is 0 Å². The summed E-state index contributed by atoms with van der Waals surface area (Å²) in [7, 11) is 0. The zero-order valence-corrected chi connectivity index (χ0v) is 12.1. The first kappa shape index (κ1) is 15.4. The highest BCUT2D eigenvalue weighted by Gasteiger charge is 2.27. The van der Waals surface area contributed by atoms with E-state index in [1.54, 1.807) is 0 Å². The lowest BCUT2D eigenvalue weighted by molar-refractivity contribution is 0.204. The van der Waals surface area contributed by atoms with Crippen LogP contribution >= 0.6 is 0 Å². The smallest absolute Gasteiger partial charge is 0.161 e. The summed E-state index contributed by atoms with van der Waals surface area (Å²) in [6.07, 6.45) is 4.64. The molecule has 0 bridgehead atoms. The van der Waals surface area contributed by atoms with E-state index in [0.717, 1.165) is 12.5 Å². The van der Waals surface area contributed by atoms with Crippen molar-refractivity contribution < 1.29 is 13.2 Å². The largest absolute Gasteiger partial charge is 0.310 e. The minimum Gasteiger partial charge on any atom is -0.310 e. The highest BCUT2D eigenvalue weighted by molar-refractivity contribution is 5.20. The van der Waals surface area contributed by atoms with Crippen LogP contribution in [0.5, 0.6) is 0 Å². The summed E-state index contributed by atoms with van der Waals surface area (Å²) in [6.45, 7) is 4.64. The number of hydrogen-bond donors (Lipinski definition) is 1. The maximum atomic E-state index is 13.6. The molecule has 20 heavy (non-hydrogen) atoms. The molecule has 0 amide bonds. The quantitative estimate of drug-likeness (QED) is 0.808. The van der Waals surface area contributed by atoms with Gasteiger partial charge in [-0.1, -0.05) is 26.7 Å². The normalized spacial score (nSPS) is 23.3. The predicted octanol–water partition coefficient (Wildman–Crippen LogP) is 4.41. The second-order valence-corrected chi connectivity index (χ2v) is 6.04. The van der Waals surface area contributed by atoms with Gasteiger partial charge in [0.15, 0.2) is 11.6 Å². The molecule has 1 aliphatic rings. The zero-order valence-electron chi connectivity index (χ0n) is 12.1. The molecule has 0 heterocycles. The number of hydrogen-bond acceptors (Lipinski definition) is 1. The lowest BCUT2D eigenvalue weighted by atomic mass is 9.78. The third-order valence-corrected chi connectivity index (χ3v) is 4.32. The molecule has 2 rings (SSSR count). The predicted molar refractivity (Wildman–Crippen MR) is 73.7 cm³/mol. The topological polar surface area (TPSA) is 12.0 Å². The summed E-state index contributed by atoms with van der Waals surface area (Å²) in [6, 6.07) is 1.90. The number of rotatable bonds is 4. The fraction of sp³-hybridized carbons (Fsp3) is 0.625. The van der Waals surface area contributed by atoms with Gasteiger partial charge in [-0.3, -0.25) is 0 Å². The van der Waals surface area contributed by atoms with Gasteiger partial charge in [-0.05, 0) is 30.7 Å². The fourth-order valence-corrected chi connectivity index (χ4v) is 3.15. The van der Waals surface area contributed by atoms with Crippen LogP contribution in [0.1, 0.15) is 45.1 Å². The van der Waals surface area contributed by atoms with Crippen molar-refractivity contribution in [2.75, 3.05) is 0 Å². The Morgan fingerprint density at radius 3 is 2.40 bits per heavy atom. The molecule has 2 unspecified atom stereocenters. The first-order valence-corrected chi connectivity index (χ1v) is 7.36. The van der Waals surface area contributed by atoms with Gasteiger partial charge >= 0.3 is 0 Å². The molecule has 0 spiro atoms. The Labute approximate surface area is 118 Å². The summed E-state index contributed by atoms with van der Waals surface area (Å²) >= 11 is 0. The highest BCUT2D eigenvalue weighted by atomic mass is 19.2. The zero-order chi connectivity index (χ0) is 14.7. The molecule has 2 atom stereocenters. The van der Waals surface area contributed by atoms with Crippen LogP contribution < -0.4 is 5.32 Å². The van der Waals surface area contributed by atoms with Crippen molar-refractivity contribution in [2.45, 2.75) is 52.1 Å². The van der Waals surface area contributed by atoms with Crippen molar-refractivity contribution in [2.24, 2.45) is 11.8 Å². The lowest BCUT2D eigenvalue weighted by Gasteiger charge is -2.35. The van der Waals surface area contributed by atoms with Crippen LogP contribution in [0.15, 0.2) is 12.1 Å². The molecule has 1 nitrogen and oxygen atoms in total. The van der Waals surface area contributed by atoms with E-state index in [0.29, 0.717) is 23.9 Å². The molecular weight excluding hydrogens is 263 g/mol. The van der Waals surface area contributed by atoms with Gasteiger partial charge in [0.1, 0.15) is 5.82 Å². The maximum absolute atomic E-state index is 13.6. The van der Waals surface area contributed by atoms with Crippen LogP contribution in [-0.2, 0) is 6.54 Å². The Kier molecular flexibility index (Phi) is 5.08. The maximum Gasteiger partial charge on any atom is 0.161 e. The average Bonchev–Trinajstić information content (AvgIpc) is 2.41. The molecule has 1 saturated carbocycles. The third kappa shape index (κ3) is 3.54. The summed E-state index contributed by atoms with van der Waals surface area (Å²) in [5, 5.41) is 3.33. The standard InChI is InChI=1S/C16H22F3N/c1-10(2)12-5-3-4-6-16(12)20-9-11-7-14(18)15(19)8-13(11)17/h7-8,10,12,16,20H,3-6,9H2,1-2H3. The van der Waals surface area contributed by atoms with Crippen molar-refractivity contribution in [3.8, 4) is 0 Å². The lowest BCUT2D eigenvalue weighted by Crippen LogP contribution is -2.40. The SMILES string of the molecule is CC(C)C1CCCCC1NCc1cc(F)c(F)cc1F. The van der Waals surface area contributed by atoms with Crippen LogP contribution in [-0.4, -0.2) is 6.04 Å². The van der Waals surface area contributed by atoms with E-state index >= 15 is 0 Å². The van der Waals surface area contributed by atoms with E-state index in [-0.39, 0.29) is 12.1 Å². The Morgan fingerprint density at radius 1 is 1.05 bits per heavy atom. The van der Waals surface area contributed by atoms with E-state index in [1.807, 2.05) is 0 Å². The van der Waals surface area contributed by atoms with E-state index in [1.165, 1.54) is 19.3 Å². The van der Waals surface area contributed by atoms with E-state index in [9.17, 15) is 13.2 Å². The van der Waals surface area contributed by atoms with Crippen molar-refractivity contribution >= 4 is 0 Å². The third-order valence-electron chi connectivity index (χ3n) is 4.32. The molecule has 0 radical (unpaired) electrons. The Hall–Kier alpha value is -1.03. The van der Waals surface area contributed by atoms with Crippen LogP contribution in [0.25, 0.3) is 0 Å². The van der Waals surface area contributed by atoms with Gasteiger partial charge in [0, 0.05) is 24.2 Å². The van der Waals surface area contributed by atoms with Crippen molar-refractivity contribution in [1.82, 2.24) is 5.32 Å². The van der Waals surface area contributed by atoms with Crippen molar-refractivity contribution in [1.29, 1.82) is 0 Å². The molecule has 0 aromatic heterocycles. The summed E-state index contributed by atoms with van der Waals surface area (Å²) < 4.78 is 39.6. The van der Waals surface area contributed by atoms with Crippen LogP contribution in [0.2, 0.25) is 0 Å². The molecule has 1 fully saturated rings. The molecule has 0 aliphatic heterocycles. The molecule has 1 aromatic rings. The average molecular weight is 285 g/mol. The first-order valence-electron chi connectivity index (χ1n) is 7.36. The summed E-state index contributed by atoms with van der Waals surface area (Å²) in [5.74, 6) is -1.68. The highest BCUT2D eigenvalue weighted by Crippen LogP contribution is 2.30. The minimum atomic E-state index is -1.14. The molecule has 1 N–H and O–H groups in total.